The molecule has 1 aromatic heterocycles. The third-order valence-electron chi connectivity index (χ3n) is 4.71. The Labute approximate surface area is 167 Å². The molecule has 0 bridgehead atoms. The van der Waals surface area contributed by atoms with Gasteiger partial charge in [0.25, 0.3) is 5.91 Å². The fraction of sp³-hybridized carbons (Fsp3) is 0.238. The van der Waals surface area contributed by atoms with Crippen LogP contribution in [0.2, 0.25) is 0 Å². The van der Waals surface area contributed by atoms with Gasteiger partial charge < -0.3 is 14.8 Å². The number of methoxy groups -OCH3 is 2. The Morgan fingerprint density at radius 2 is 1.82 bits per heavy atom. The van der Waals surface area contributed by atoms with Crippen LogP contribution in [0.25, 0.3) is 5.69 Å². The Morgan fingerprint density at radius 1 is 1.07 bits per heavy atom. The van der Waals surface area contributed by atoms with Crippen LogP contribution in [0, 0.1) is 6.92 Å². The molecular formula is C21H21N3O3S. The van der Waals surface area contributed by atoms with Crippen molar-refractivity contribution in [1.82, 2.24) is 9.78 Å². The zero-order valence-corrected chi connectivity index (χ0v) is 16.8. The molecule has 28 heavy (non-hydrogen) atoms. The van der Waals surface area contributed by atoms with Crippen molar-refractivity contribution in [3.63, 3.8) is 0 Å². The zero-order chi connectivity index (χ0) is 19.7. The summed E-state index contributed by atoms with van der Waals surface area (Å²) in [5, 5.41) is 7.80. The first-order valence-electron chi connectivity index (χ1n) is 8.89. The molecule has 4 rings (SSSR count). The molecule has 144 valence electrons. The van der Waals surface area contributed by atoms with E-state index < -0.39 is 0 Å². The van der Waals surface area contributed by atoms with Crippen LogP contribution in [-0.2, 0) is 11.5 Å². The quantitative estimate of drug-likeness (QED) is 0.701. The van der Waals surface area contributed by atoms with E-state index in [-0.39, 0.29) is 5.91 Å². The van der Waals surface area contributed by atoms with Crippen molar-refractivity contribution in [3.05, 3.63) is 64.8 Å². The highest BCUT2D eigenvalue weighted by Gasteiger charge is 2.25. The maximum atomic E-state index is 13.0. The van der Waals surface area contributed by atoms with Crippen molar-refractivity contribution in [2.75, 3.05) is 19.5 Å². The summed E-state index contributed by atoms with van der Waals surface area (Å²) in [7, 11) is 3.12. The Morgan fingerprint density at radius 3 is 2.54 bits per heavy atom. The van der Waals surface area contributed by atoms with Crippen molar-refractivity contribution in [1.29, 1.82) is 0 Å². The van der Waals surface area contributed by atoms with Crippen LogP contribution in [-0.4, -0.2) is 29.9 Å². The highest BCUT2D eigenvalue weighted by Crippen LogP contribution is 2.36. The van der Waals surface area contributed by atoms with E-state index in [1.54, 1.807) is 44.2 Å². The van der Waals surface area contributed by atoms with Crippen molar-refractivity contribution in [2.45, 2.75) is 18.4 Å². The number of benzene rings is 2. The number of amides is 1. The molecule has 2 aromatic carbocycles. The summed E-state index contributed by atoms with van der Waals surface area (Å²) in [6, 6.07) is 13.2. The van der Waals surface area contributed by atoms with E-state index in [9.17, 15) is 4.79 Å². The van der Waals surface area contributed by atoms with E-state index in [2.05, 4.69) is 5.32 Å². The fourth-order valence-electron chi connectivity index (χ4n) is 3.17. The van der Waals surface area contributed by atoms with E-state index in [0.29, 0.717) is 17.1 Å². The number of hydrogen-bond acceptors (Lipinski definition) is 5. The van der Waals surface area contributed by atoms with Gasteiger partial charge in [-0.3, -0.25) is 4.79 Å². The van der Waals surface area contributed by atoms with Crippen LogP contribution < -0.4 is 14.8 Å². The molecule has 7 heteroatoms. The van der Waals surface area contributed by atoms with Crippen LogP contribution in [0.4, 0.5) is 5.82 Å². The first-order chi connectivity index (χ1) is 13.6. The average molecular weight is 395 g/mol. The molecule has 1 aliphatic heterocycles. The van der Waals surface area contributed by atoms with Gasteiger partial charge in [0, 0.05) is 22.6 Å². The molecule has 2 heterocycles. The highest BCUT2D eigenvalue weighted by molar-refractivity contribution is 7.98. The number of hydrogen-bond donors (Lipinski definition) is 1. The normalized spacial score (nSPS) is 12.5. The maximum absolute atomic E-state index is 13.0. The molecule has 1 N–H and O–H groups in total. The summed E-state index contributed by atoms with van der Waals surface area (Å²) >= 11 is 1.80. The zero-order valence-electron chi connectivity index (χ0n) is 16.0. The van der Waals surface area contributed by atoms with Gasteiger partial charge in [0.2, 0.25) is 0 Å². The average Bonchev–Trinajstić information content (AvgIpc) is 3.30. The monoisotopic (exact) mass is 395 g/mol. The van der Waals surface area contributed by atoms with E-state index in [1.165, 1.54) is 5.56 Å². The predicted molar refractivity (Wildman–Crippen MR) is 111 cm³/mol. The summed E-state index contributed by atoms with van der Waals surface area (Å²) in [6.07, 6.45) is 0. The van der Waals surface area contributed by atoms with Crippen LogP contribution in [0.5, 0.6) is 11.5 Å². The summed E-state index contributed by atoms with van der Waals surface area (Å²) in [5.41, 5.74) is 4.70. The highest BCUT2D eigenvalue weighted by atomic mass is 32.2. The van der Waals surface area contributed by atoms with E-state index in [4.69, 9.17) is 14.6 Å². The summed E-state index contributed by atoms with van der Waals surface area (Å²) < 4.78 is 12.4. The molecule has 0 unspecified atom stereocenters. The largest absolute Gasteiger partial charge is 0.493 e. The number of fused-ring (bicyclic) bond motifs is 1. The van der Waals surface area contributed by atoms with Gasteiger partial charge in [-0.1, -0.05) is 17.7 Å². The minimum atomic E-state index is -0.214. The first-order valence-corrected chi connectivity index (χ1v) is 10.0. The molecule has 0 aliphatic carbocycles. The van der Waals surface area contributed by atoms with Gasteiger partial charge in [0.1, 0.15) is 5.82 Å². The van der Waals surface area contributed by atoms with Crippen molar-refractivity contribution in [3.8, 4) is 17.2 Å². The van der Waals surface area contributed by atoms with Crippen molar-refractivity contribution >= 4 is 23.5 Å². The lowest BCUT2D eigenvalue weighted by Gasteiger charge is -2.13. The van der Waals surface area contributed by atoms with Crippen LogP contribution in [0.1, 0.15) is 27.2 Å². The minimum Gasteiger partial charge on any atom is -0.493 e. The molecule has 0 atom stereocenters. The number of rotatable bonds is 5. The Bertz CT molecular complexity index is 1030. The summed E-state index contributed by atoms with van der Waals surface area (Å²) in [4.78, 5) is 13.0. The fourth-order valence-corrected chi connectivity index (χ4v) is 4.21. The number of aryl methyl sites for hydroxylation is 1. The van der Waals surface area contributed by atoms with Gasteiger partial charge in [-0.05, 0) is 37.3 Å². The van der Waals surface area contributed by atoms with E-state index >= 15 is 0 Å². The number of thioether (sulfide) groups is 1. The van der Waals surface area contributed by atoms with Crippen molar-refractivity contribution in [2.24, 2.45) is 0 Å². The van der Waals surface area contributed by atoms with E-state index in [0.717, 1.165) is 34.3 Å². The van der Waals surface area contributed by atoms with Gasteiger partial charge >= 0.3 is 0 Å². The number of nitrogens with zero attached hydrogens (tertiary/aromatic N) is 2. The van der Waals surface area contributed by atoms with Gasteiger partial charge in [0.05, 0.1) is 25.6 Å². The number of aromatic nitrogens is 2. The molecule has 6 nitrogen and oxygen atoms in total. The Balaban J connectivity index is 1.70. The maximum Gasteiger partial charge on any atom is 0.256 e. The predicted octanol–water partition coefficient (Wildman–Crippen LogP) is 4.20. The lowest BCUT2D eigenvalue weighted by atomic mass is 10.1. The van der Waals surface area contributed by atoms with Gasteiger partial charge in [0.15, 0.2) is 11.5 Å². The molecular weight excluding hydrogens is 374 g/mol. The Hall–Kier alpha value is -2.93. The summed E-state index contributed by atoms with van der Waals surface area (Å²) in [5.74, 6) is 3.30. The number of ether oxygens (including phenoxy) is 2. The van der Waals surface area contributed by atoms with Gasteiger partial charge in [-0.15, -0.1) is 0 Å². The summed E-state index contributed by atoms with van der Waals surface area (Å²) in [6.45, 7) is 2.04. The Kier molecular flexibility index (Phi) is 5.00. The smallest absolute Gasteiger partial charge is 0.256 e. The van der Waals surface area contributed by atoms with Crippen LogP contribution >= 0.6 is 11.8 Å². The standard InChI is InChI=1S/C21H21N3O3S/c1-13-4-7-15(8-5-13)24-20(16-11-28-12-17(16)23-24)22-21(25)14-6-9-18(26-2)19(10-14)27-3/h4-10H,11-12H2,1-3H3,(H,22,25). The molecule has 1 amide bonds. The topological polar surface area (TPSA) is 65.4 Å². The second kappa shape index (κ2) is 7.59. The number of nitrogens with one attached hydrogen (secondary N) is 1. The number of carbonyl (C=O) groups is 1. The SMILES string of the molecule is COc1ccc(C(=O)Nc2c3c(nn2-c2ccc(C)cc2)CSC3)cc1OC. The molecule has 0 fully saturated rings. The second-order valence-electron chi connectivity index (χ2n) is 6.54. The minimum absolute atomic E-state index is 0.214. The third kappa shape index (κ3) is 3.33. The third-order valence-corrected chi connectivity index (χ3v) is 5.68. The number of carbonyl (C=O) groups excluding carboxylic acids is 1. The molecule has 1 aliphatic rings. The molecule has 0 spiro atoms. The molecule has 0 saturated carbocycles. The van der Waals surface area contributed by atoms with Gasteiger partial charge in [-0.25, -0.2) is 4.68 Å². The lowest BCUT2D eigenvalue weighted by molar-refractivity contribution is 0.102. The molecule has 3 aromatic rings. The number of anilines is 1. The van der Waals surface area contributed by atoms with Crippen LogP contribution in [0.3, 0.4) is 0 Å². The second-order valence-corrected chi connectivity index (χ2v) is 7.52. The van der Waals surface area contributed by atoms with Gasteiger partial charge in [-0.2, -0.15) is 16.9 Å². The first kappa shape index (κ1) is 18.4. The van der Waals surface area contributed by atoms with Crippen LogP contribution in [0.15, 0.2) is 42.5 Å². The van der Waals surface area contributed by atoms with Crippen molar-refractivity contribution < 1.29 is 14.3 Å². The molecule has 0 radical (unpaired) electrons. The molecule has 0 saturated heterocycles. The van der Waals surface area contributed by atoms with E-state index in [1.807, 2.05) is 35.9 Å². The lowest BCUT2D eigenvalue weighted by Crippen LogP contribution is -2.16.